The molecule has 0 spiro atoms. The van der Waals surface area contributed by atoms with E-state index in [0.29, 0.717) is 5.75 Å². The molecule has 0 aliphatic rings. The first kappa shape index (κ1) is 18.9. The molecule has 1 rings (SSSR count). The van der Waals surface area contributed by atoms with E-state index in [9.17, 15) is 5.11 Å². The first-order chi connectivity index (χ1) is 9.07. The van der Waals surface area contributed by atoms with E-state index in [4.69, 9.17) is 0 Å². The Hall–Kier alpha value is -1.06. The minimum Gasteiger partial charge on any atom is -0.507 e. The molecule has 0 bridgehead atoms. The fourth-order valence-electron chi connectivity index (χ4n) is 2.27. The van der Waals surface area contributed by atoms with Gasteiger partial charge in [-0.2, -0.15) is 0 Å². The predicted octanol–water partition coefficient (Wildman–Crippen LogP) is 3.76. The van der Waals surface area contributed by atoms with E-state index in [-0.39, 0.29) is 10.8 Å². The molecule has 5 N–H and O–H groups in total. The van der Waals surface area contributed by atoms with Gasteiger partial charge < -0.3 is 5.11 Å². The number of nitrogens with two attached hydrogens (primary N) is 2. The number of hydrogen-bond donors (Lipinski definition) is 3. The molecule has 20 heavy (non-hydrogen) atoms. The predicted molar refractivity (Wildman–Crippen MR) is 87.9 cm³/mol. The Morgan fingerprint density at radius 2 is 1.25 bits per heavy atom. The molecule has 3 heteroatoms. The monoisotopic (exact) mass is 280 g/mol. The van der Waals surface area contributed by atoms with Crippen LogP contribution in [0.4, 0.5) is 0 Å². The number of rotatable bonds is 2. The van der Waals surface area contributed by atoms with Gasteiger partial charge in [-0.05, 0) is 33.9 Å². The van der Waals surface area contributed by atoms with Gasteiger partial charge >= 0.3 is 0 Å². The second kappa shape index (κ2) is 7.09. The molecule has 0 radical (unpaired) electrons. The molecule has 0 saturated heterocycles. The SMILES string of the molecule is CCCc1cc(C(C)(C)C)c(O)c(C(C)(C)C)c1.NN. The Bertz CT molecular complexity index is 391. The van der Waals surface area contributed by atoms with E-state index in [1.807, 2.05) is 0 Å². The van der Waals surface area contributed by atoms with Crippen molar-refractivity contribution in [2.24, 2.45) is 11.7 Å². The minimum atomic E-state index is -0.0200. The Labute approximate surface area is 124 Å². The summed E-state index contributed by atoms with van der Waals surface area (Å²) in [6.07, 6.45) is 2.21. The van der Waals surface area contributed by atoms with Crippen molar-refractivity contribution in [2.75, 3.05) is 0 Å². The zero-order valence-corrected chi connectivity index (χ0v) is 14.2. The third-order valence-corrected chi connectivity index (χ3v) is 3.32. The van der Waals surface area contributed by atoms with Crippen LogP contribution >= 0.6 is 0 Å². The van der Waals surface area contributed by atoms with E-state index in [1.165, 1.54) is 5.56 Å². The number of phenols is 1. The molecule has 0 atom stereocenters. The summed E-state index contributed by atoms with van der Waals surface area (Å²) in [6, 6.07) is 4.35. The van der Waals surface area contributed by atoms with Gasteiger partial charge in [0.1, 0.15) is 5.75 Å². The number of hydrogen-bond acceptors (Lipinski definition) is 3. The lowest BCUT2D eigenvalue weighted by Crippen LogP contribution is -2.17. The molecule has 3 nitrogen and oxygen atoms in total. The first-order valence-electron chi connectivity index (χ1n) is 7.27. The van der Waals surface area contributed by atoms with E-state index in [2.05, 4.69) is 72.3 Å². The number of aromatic hydroxyl groups is 1. The normalized spacial score (nSPS) is 11.8. The fraction of sp³-hybridized carbons (Fsp3) is 0.647. The smallest absolute Gasteiger partial charge is 0.123 e. The van der Waals surface area contributed by atoms with Crippen LogP contribution in [0.15, 0.2) is 12.1 Å². The van der Waals surface area contributed by atoms with Gasteiger partial charge in [0, 0.05) is 0 Å². The average Bonchev–Trinajstić information content (AvgIpc) is 2.31. The Morgan fingerprint density at radius 1 is 0.900 bits per heavy atom. The maximum absolute atomic E-state index is 10.6. The maximum atomic E-state index is 10.6. The molecule has 1 aromatic rings. The van der Waals surface area contributed by atoms with Gasteiger partial charge in [-0.3, -0.25) is 11.7 Å². The van der Waals surface area contributed by atoms with Crippen molar-refractivity contribution in [1.29, 1.82) is 0 Å². The summed E-state index contributed by atoms with van der Waals surface area (Å²) < 4.78 is 0. The minimum absolute atomic E-state index is 0.0200. The van der Waals surface area contributed by atoms with Crippen LogP contribution in [0.25, 0.3) is 0 Å². The van der Waals surface area contributed by atoms with Gasteiger partial charge in [-0.1, -0.05) is 67.0 Å². The van der Waals surface area contributed by atoms with Crippen LogP contribution in [0.5, 0.6) is 5.75 Å². The lowest BCUT2D eigenvalue weighted by Gasteiger charge is -2.28. The van der Waals surface area contributed by atoms with Crippen molar-refractivity contribution < 1.29 is 5.11 Å². The van der Waals surface area contributed by atoms with Crippen molar-refractivity contribution in [3.8, 4) is 5.75 Å². The van der Waals surface area contributed by atoms with Crippen molar-refractivity contribution in [1.82, 2.24) is 0 Å². The van der Waals surface area contributed by atoms with Crippen molar-refractivity contribution >= 4 is 0 Å². The summed E-state index contributed by atoms with van der Waals surface area (Å²) in [5, 5.41) is 10.6. The summed E-state index contributed by atoms with van der Waals surface area (Å²) >= 11 is 0. The molecule has 0 aromatic heterocycles. The highest BCUT2D eigenvalue weighted by Crippen LogP contribution is 2.39. The van der Waals surface area contributed by atoms with Crippen LogP contribution < -0.4 is 11.7 Å². The molecule has 0 unspecified atom stereocenters. The number of aryl methyl sites for hydroxylation is 1. The van der Waals surface area contributed by atoms with Crippen LogP contribution in [0.2, 0.25) is 0 Å². The number of benzene rings is 1. The highest BCUT2D eigenvalue weighted by Gasteiger charge is 2.26. The van der Waals surface area contributed by atoms with E-state index >= 15 is 0 Å². The molecule has 0 aliphatic carbocycles. The van der Waals surface area contributed by atoms with Crippen molar-refractivity contribution in [2.45, 2.75) is 72.1 Å². The molecule has 116 valence electrons. The highest BCUT2D eigenvalue weighted by atomic mass is 16.3. The van der Waals surface area contributed by atoms with E-state index < -0.39 is 0 Å². The largest absolute Gasteiger partial charge is 0.507 e. The van der Waals surface area contributed by atoms with Crippen molar-refractivity contribution in [3.05, 3.63) is 28.8 Å². The zero-order chi connectivity index (χ0) is 16.1. The summed E-state index contributed by atoms with van der Waals surface area (Å²) in [5.74, 6) is 8.48. The van der Waals surface area contributed by atoms with Gasteiger partial charge in [0.2, 0.25) is 0 Å². The van der Waals surface area contributed by atoms with Crippen LogP contribution in [0.1, 0.15) is 71.6 Å². The third-order valence-electron chi connectivity index (χ3n) is 3.32. The molecular formula is C17H32N2O. The maximum Gasteiger partial charge on any atom is 0.123 e. The van der Waals surface area contributed by atoms with Crippen LogP contribution in [-0.2, 0) is 17.3 Å². The van der Waals surface area contributed by atoms with Gasteiger partial charge in [-0.15, -0.1) is 0 Å². The van der Waals surface area contributed by atoms with E-state index in [1.54, 1.807) is 0 Å². The highest BCUT2D eigenvalue weighted by molar-refractivity contribution is 5.49. The molecule has 0 aliphatic heterocycles. The third kappa shape index (κ3) is 4.80. The Balaban J connectivity index is 0.00000172. The quantitative estimate of drug-likeness (QED) is 0.570. The molecule has 0 heterocycles. The lowest BCUT2D eigenvalue weighted by molar-refractivity contribution is 0.422. The second-order valence-corrected chi connectivity index (χ2v) is 7.29. The topological polar surface area (TPSA) is 72.3 Å². The van der Waals surface area contributed by atoms with Crippen molar-refractivity contribution in [3.63, 3.8) is 0 Å². The zero-order valence-electron chi connectivity index (χ0n) is 14.2. The lowest BCUT2D eigenvalue weighted by atomic mass is 9.78. The summed E-state index contributed by atoms with van der Waals surface area (Å²) in [6.45, 7) is 15.1. The average molecular weight is 280 g/mol. The summed E-state index contributed by atoms with van der Waals surface area (Å²) in [4.78, 5) is 0. The Kier molecular flexibility index (Phi) is 6.72. The second-order valence-electron chi connectivity index (χ2n) is 7.29. The molecular weight excluding hydrogens is 248 g/mol. The summed E-state index contributed by atoms with van der Waals surface area (Å²) in [5.41, 5.74) is 3.43. The fourth-order valence-corrected chi connectivity index (χ4v) is 2.27. The molecule has 1 aromatic carbocycles. The Morgan fingerprint density at radius 3 is 1.50 bits per heavy atom. The molecule has 0 saturated carbocycles. The van der Waals surface area contributed by atoms with Gasteiger partial charge in [-0.25, -0.2) is 0 Å². The van der Waals surface area contributed by atoms with E-state index in [0.717, 1.165) is 24.0 Å². The molecule has 0 fully saturated rings. The first-order valence-corrected chi connectivity index (χ1v) is 7.27. The van der Waals surface area contributed by atoms with Crippen LogP contribution in [0.3, 0.4) is 0 Å². The van der Waals surface area contributed by atoms with Gasteiger partial charge in [0.25, 0.3) is 0 Å². The van der Waals surface area contributed by atoms with Gasteiger partial charge in [0.05, 0.1) is 0 Å². The van der Waals surface area contributed by atoms with Crippen LogP contribution in [-0.4, -0.2) is 5.11 Å². The summed E-state index contributed by atoms with van der Waals surface area (Å²) in [7, 11) is 0. The molecule has 0 amide bonds. The van der Waals surface area contributed by atoms with Gasteiger partial charge in [0.15, 0.2) is 0 Å². The number of hydrazine groups is 1. The number of phenolic OH excluding ortho intramolecular Hbond substituents is 1. The van der Waals surface area contributed by atoms with Crippen LogP contribution in [0, 0.1) is 0 Å². The standard InChI is InChI=1S/C17H28O.H4N2/c1-8-9-12-10-13(16(2,3)4)15(18)14(11-12)17(5,6)7;1-2/h10-11,18H,8-9H2,1-7H3;1-2H2.